The molecule has 0 unspecified atom stereocenters. The molecule has 0 spiro atoms. The van der Waals surface area contributed by atoms with E-state index in [1.165, 1.54) is 43.8 Å². The average molecular weight is 299 g/mol. The van der Waals surface area contributed by atoms with Gasteiger partial charge in [-0.1, -0.05) is 64.8 Å². The fraction of sp³-hybridized carbons (Fsp3) is 0.750. The van der Waals surface area contributed by atoms with Gasteiger partial charge in [-0.15, -0.1) is 13.2 Å². The quantitative estimate of drug-likeness (QED) is 0.402. The van der Waals surface area contributed by atoms with Crippen LogP contribution >= 0.6 is 0 Å². The molecular formula is C16H34OSi2. The van der Waals surface area contributed by atoms with Crippen molar-refractivity contribution in [1.82, 2.24) is 0 Å². The van der Waals surface area contributed by atoms with Crippen LogP contribution in [0.15, 0.2) is 24.6 Å². The maximum atomic E-state index is 6.93. The summed E-state index contributed by atoms with van der Waals surface area (Å²) in [6.07, 6.45) is 4.91. The zero-order valence-electron chi connectivity index (χ0n) is 13.6. The highest BCUT2D eigenvalue weighted by molar-refractivity contribution is 6.92. The second-order valence-electron chi connectivity index (χ2n) is 5.65. The molecule has 0 amide bonds. The molecule has 0 rings (SSSR count). The third-order valence-electron chi connectivity index (χ3n) is 3.86. The summed E-state index contributed by atoms with van der Waals surface area (Å²) in [4.78, 5) is 0. The van der Waals surface area contributed by atoms with E-state index in [0.717, 1.165) is 6.04 Å². The minimum Gasteiger partial charge on any atom is -0.449 e. The van der Waals surface area contributed by atoms with Crippen molar-refractivity contribution in [2.75, 3.05) is 0 Å². The van der Waals surface area contributed by atoms with Crippen molar-refractivity contribution < 1.29 is 4.12 Å². The zero-order chi connectivity index (χ0) is 14.8. The lowest BCUT2D eigenvalue weighted by Gasteiger charge is -2.39. The van der Waals surface area contributed by atoms with Gasteiger partial charge in [-0.3, -0.25) is 0 Å². The Hall–Kier alpha value is -0.126. The van der Waals surface area contributed by atoms with E-state index >= 15 is 0 Å². The van der Waals surface area contributed by atoms with Crippen molar-refractivity contribution in [3.8, 4) is 0 Å². The van der Waals surface area contributed by atoms with Gasteiger partial charge in [0.2, 0.25) is 8.32 Å². The summed E-state index contributed by atoms with van der Waals surface area (Å²) in [5.74, 6) is 0. The average Bonchev–Trinajstić information content (AvgIpc) is 2.39. The SMILES string of the molecule is C=C[Si](C=C)(CCC)O[Si](CCC)(CCC)CCC. The van der Waals surface area contributed by atoms with Crippen LogP contribution in [0.1, 0.15) is 53.4 Å². The Labute approximate surface area is 123 Å². The molecule has 0 bridgehead atoms. The fourth-order valence-corrected chi connectivity index (χ4v) is 13.5. The second-order valence-corrected chi connectivity index (χ2v) is 13.6. The van der Waals surface area contributed by atoms with Crippen LogP contribution in [-0.2, 0) is 4.12 Å². The summed E-state index contributed by atoms with van der Waals surface area (Å²) in [5, 5.41) is 0. The smallest absolute Gasteiger partial charge is 0.229 e. The zero-order valence-corrected chi connectivity index (χ0v) is 15.6. The van der Waals surface area contributed by atoms with Gasteiger partial charge in [-0.25, -0.2) is 0 Å². The summed E-state index contributed by atoms with van der Waals surface area (Å²) in [6.45, 7) is 17.3. The molecule has 0 aliphatic heterocycles. The van der Waals surface area contributed by atoms with Gasteiger partial charge in [0.1, 0.15) is 0 Å². The van der Waals surface area contributed by atoms with Crippen molar-refractivity contribution in [2.24, 2.45) is 0 Å². The van der Waals surface area contributed by atoms with E-state index in [-0.39, 0.29) is 0 Å². The van der Waals surface area contributed by atoms with E-state index in [4.69, 9.17) is 4.12 Å². The Morgan fingerprint density at radius 1 is 0.737 bits per heavy atom. The molecule has 1 nitrogen and oxygen atoms in total. The highest BCUT2D eigenvalue weighted by atomic mass is 28.4. The molecule has 19 heavy (non-hydrogen) atoms. The molecule has 0 saturated carbocycles. The van der Waals surface area contributed by atoms with E-state index in [0.29, 0.717) is 0 Å². The van der Waals surface area contributed by atoms with Gasteiger partial charge >= 0.3 is 0 Å². The lowest BCUT2D eigenvalue weighted by molar-refractivity contribution is 0.519. The lowest BCUT2D eigenvalue weighted by Crippen LogP contribution is -2.49. The molecule has 0 aliphatic rings. The molecule has 0 aliphatic carbocycles. The van der Waals surface area contributed by atoms with Crippen LogP contribution in [0.4, 0.5) is 0 Å². The third-order valence-corrected chi connectivity index (χ3v) is 14.0. The van der Waals surface area contributed by atoms with E-state index in [9.17, 15) is 0 Å². The molecule has 0 fully saturated rings. The van der Waals surface area contributed by atoms with Gasteiger partial charge in [-0.2, -0.15) is 0 Å². The normalized spacial score (nSPS) is 12.4. The molecule has 112 valence electrons. The van der Waals surface area contributed by atoms with Crippen molar-refractivity contribution in [2.45, 2.75) is 77.6 Å². The van der Waals surface area contributed by atoms with Crippen LogP contribution in [0.3, 0.4) is 0 Å². The van der Waals surface area contributed by atoms with E-state index in [2.05, 4.69) is 52.3 Å². The van der Waals surface area contributed by atoms with Crippen molar-refractivity contribution >= 4 is 16.6 Å². The molecule has 3 heteroatoms. The number of rotatable bonds is 12. The van der Waals surface area contributed by atoms with Gasteiger partial charge in [0, 0.05) is 0 Å². The van der Waals surface area contributed by atoms with Gasteiger partial charge in [0.05, 0.1) is 0 Å². The standard InChI is InChI=1S/C16H34OSi2/c1-7-13-18(11-5,12-6)17-19(14-8-2,15-9-3)16-10-4/h11-12H,5-10,13-16H2,1-4H3. The molecule has 0 N–H and O–H groups in total. The van der Waals surface area contributed by atoms with E-state index in [1.54, 1.807) is 0 Å². The lowest BCUT2D eigenvalue weighted by atomic mass is 10.6. The Kier molecular flexibility index (Phi) is 9.66. The van der Waals surface area contributed by atoms with Crippen LogP contribution in [0.25, 0.3) is 0 Å². The van der Waals surface area contributed by atoms with Crippen molar-refractivity contribution in [3.63, 3.8) is 0 Å². The van der Waals surface area contributed by atoms with Crippen molar-refractivity contribution in [3.05, 3.63) is 24.6 Å². The fourth-order valence-electron chi connectivity index (χ4n) is 3.11. The summed E-state index contributed by atoms with van der Waals surface area (Å²) in [7, 11) is -3.49. The van der Waals surface area contributed by atoms with Gasteiger partial charge in [0.25, 0.3) is 0 Å². The van der Waals surface area contributed by atoms with Gasteiger partial charge in [0.15, 0.2) is 8.32 Å². The van der Waals surface area contributed by atoms with Gasteiger partial charge < -0.3 is 4.12 Å². The highest BCUT2D eigenvalue weighted by Gasteiger charge is 2.40. The maximum Gasteiger partial charge on any atom is 0.229 e. The molecule has 0 heterocycles. The first kappa shape index (κ1) is 18.9. The highest BCUT2D eigenvalue weighted by Crippen LogP contribution is 2.33. The first-order chi connectivity index (χ1) is 9.07. The van der Waals surface area contributed by atoms with E-state index in [1.807, 2.05) is 0 Å². The van der Waals surface area contributed by atoms with Crippen LogP contribution in [0.5, 0.6) is 0 Å². The molecule has 0 aromatic carbocycles. The second kappa shape index (κ2) is 9.73. The summed E-state index contributed by atoms with van der Waals surface area (Å²) < 4.78 is 6.93. The monoisotopic (exact) mass is 298 g/mol. The minimum atomic E-state index is -1.90. The summed E-state index contributed by atoms with van der Waals surface area (Å²) >= 11 is 0. The van der Waals surface area contributed by atoms with Crippen LogP contribution in [-0.4, -0.2) is 16.6 Å². The predicted octanol–water partition coefficient (Wildman–Crippen LogP) is 5.98. The Morgan fingerprint density at radius 3 is 1.37 bits per heavy atom. The van der Waals surface area contributed by atoms with Crippen molar-refractivity contribution in [1.29, 1.82) is 0 Å². The Morgan fingerprint density at radius 2 is 1.11 bits per heavy atom. The topological polar surface area (TPSA) is 9.23 Å². The third kappa shape index (κ3) is 5.80. The summed E-state index contributed by atoms with van der Waals surface area (Å²) in [6, 6.07) is 5.05. The molecular weight excluding hydrogens is 264 g/mol. The first-order valence-electron chi connectivity index (χ1n) is 8.04. The van der Waals surface area contributed by atoms with Crippen LogP contribution in [0, 0.1) is 0 Å². The molecule has 0 radical (unpaired) electrons. The number of hydrogen-bond acceptors (Lipinski definition) is 1. The summed E-state index contributed by atoms with van der Waals surface area (Å²) in [5.41, 5.74) is 4.23. The minimum absolute atomic E-state index is 1.14. The number of hydrogen-bond donors (Lipinski definition) is 0. The maximum absolute atomic E-state index is 6.93. The molecule has 0 atom stereocenters. The van der Waals surface area contributed by atoms with E-state index < -0.39 is 16.6 Å². The predicted molar refractivity (Wildman–Crippen MR) is 93.4 cm³/mol. The Balaban J connectivity index is 5.21. The van der Waals surface area contributed by atoms with Crippen LogP contribution < -0.4 is 0 Å². The largest absolute Gasteiger partial charge is 0.449 e. The van der Waals surface area contributed by atoms with Crippen LogP contribution in [0.2, 0.25) is 24.2 Å². The molecule has 0 aromatic heterocycles. The molecule has 0 aromatic rings. The van der Waals surface area contributed by atoms with Gasteiger partial charge in [-0.05, 0) is 24.2 Å². The Bertz CT molecular complexity index is 238. The first-order valence-corrected chi connectivity index (χ1v) is 12.8. The molecule has 0 saturated heterocycles.